The van der Waals surface area contributed by atoms with Gasteiger partial charge in [-0.25, -0.2) is 4.98 Å². The normalized spacial score (nSPS) is 15.1. The number of hydrazone groups is 1. The SMILES string of the molecule is COc1cc(C=NNc2nc(N)cs2)ccc1OC(=O)C1CCCCC1. The van der Waals surface area contributed by atoms with Crippen LogP contribution in [0.2, 0.25) is 0 Å². The molecule has 0 saturated heterocycles. The van der Waals surface area contributed by atoms with Crippen molar-refractivity contribution in [3.05, 3.63) is 29.1 Å². The molecule has 0 atom stereocenters. The number of carbonyl (C=O) groups excluding carboxylic acids is 1. The summed E-state index contributed by atoms with van der Waals surface area (Å²) in [5, 5.41) is 6.47. The Morgan fingerprint density at radius 1 is 1.35 bits per heavy atom. The Hall–Kier alpha value is -2.61. The minimum Gasteiger partial charge on any atom is -0.493 e. The summed E-state index contributed by atoms with van der Waals surface area (Å²) in [5.74, 6) is 1.20. The molecule has 0 spiro atoms. The maximum Gasteiger partial charge on any atom is 0.314 e. The highest BCUT2D eigenvalue weighted by atomic mass is 32.1. The molecular formula is C18H22N4O3S. The molecule has 3 N–H and O–H groups in total. The number of carbonyl (C=O) groups is 1. The zero-order valence-electron chi connectivity index (χ0n) is 14.6. The molecule has 1 saturated carbocycles. The topological polar surface area (TPSA) is 98.8 Å². The first-order chi connectivity index (χ1) is 12.7. The Kier molecular flexibility index (Phi) is 6.06. The molecule has 8 heteroatoms. The smallest absolute Gasteiger partial charge is 0.314 e. The minimum atomic E-state index is -0.174. The maximum atomic E-state index is 12.3. The summed E-state index contributed by atoms with van der Waals surface area (Å²) >= 11 is 1.37. The molecule has 1 aliphatic rings. The van der Waals surface area contributed by atoms with Crippen LogP contribution in [-0.4, -0.2) is 24.3 Å². The highest BCUT2D eigenvalue weighted by Crippen LogP contribution is 2.31. The molecule has 0 amide bonds. The van der Waals surface area contributed by atoms with E-state index in [0.29, 0.717) is 22.4 Å². The lowest BCUT2D eigenvalue weighted by Gasteiger charge is -2.20. The Morgan fingerprint density at radius 3 is 2.85 bits per heavy atom. The van der Waals surface area contributed by atoms with E-state index < -0.39 is 0 Å². The molecule has 1 aromatic heterocycles. The van der Waals surface area contributed by atoms with E-state index in [1.54, 1.807) is 30.8 Å². The third-order valence-electron chi connectivity index (χ3n) is 4.23. The highest BCUT2D eigenvalue weighted by Gasteiger charge is 2.24. The van der Waals surface area contributed by atoms with Crippen molar-refractivity contribution in [1.82, 2.24) is 4.98 Å². The summed E-state index contributed by atoms with van der Waals surface area (Å²) in [6, 6.07) is 5.31. The monoisotopic (exact) mass is 374 g/mol. The number of rotatable bonds is 6. The van der Waals surface area contributed by atoms with Crippen molar-refractivity contribution in [3.8, 4) is 11.5 Å². The van der Waals surface area contributed by atoms with E-state index in [4.69, 9.17) is 15.2 Å². The highest BCUT2D eigenvalue weighted by molar-refractivity contribution is 7.14. The quantitative estimate of drug-likeness (QED) is 0.346. The number of hydrogen-bond donors (Lipinski definition) is 2. The second kappa shape index (κ2) is 8.66. The van der Waals surface area contributed by atoms with Gasteiger partial charge < -0.3 is 15.2 Å². The number of aromatic nitrogens is 1. The number of ether oxygens (including phenoxy) is 2. The fourth-order valence-electron chi connectivity index (χ4n) is 2.88. The van der Waals surface area contributed by atoms with E-state index in [-0.39, 0.29) is 11.9 Å². The van der Waals surface area contributed by atoms with Gasteiger partial charge in [-0.2, -0.15) is 5.10 Å². The number of thiazole rings is 1. The molecular weight excluding hydrogens is 352 g/mol. The molecule has 1 aromatic carbocycles. The van der Waals surface area contributed by atoms with Gasteiger partial charge in [-0.15, -0.1) is 11.3 Å². The molecule has 2 aromatic rings. The van der Waals surface area contributed by atoms with Crippen LogP contribution in [0.15, 0.2) is 28.7 Å². The number of nitrogens with zero attached hydrogens (tertiary/aromatic N) is 2. The number of anilines is 2. The van der Waals surface area contributed by atoms with Crippen molar-refractivity contribution in [2.24, 2.45) is 11.0 Å². The van der Waals surface area contributed by atoms with Gasteiger partial charge in [0.15, 0.2) is 11.5 Å². The predicted octanol–water partition coefficient (Wildman–Crippen LogP) is 3.67. The largest absolute Gasteiger partial charge is 0.493 e. The Balaban J connectivity index is 1.64. The molecule has 1 heterocycles. The van der Waals surface area contributed by atoms with Crippen molar-refractivity contribution in [2.45, 2.75) is 32.1 Å². The van der Waals surface area contributed by atoms with Crippen LogP contribution in [0.3, 0.4) is 0 Å². The number of nitrogens with two attached hydrogens (primary N) is 1. The lowest BCUT2D eigenvalue weighted by molar-refractivity contribution is -0.140. The van der Waals surface area contributed by atoms with Gasteiger partial charge in [-0.3, -0.25) is 10.2 Å². The third-order valence-corrected chi connectivity index (χ3v) is 5.00. The van der Waals surface area contributed by atoms with E-state index >= 15 is 0 Å². The standard InChI is InChI=1S/C18H22N4O3S/c1-24-15-9-12(10-20-22-18-21-16(19)11-26-18)7-8-14(15)25-17(23)13-5-3-2-4-6-13/h7-11,13H,2-6,19H2,1H3,(H,21,22). The van der Waals surface area contributed by atoms with E-state index in [1.807, 2.05) is 6.07 Å². The van der Waals surface area contributed by atoms with Crippen LogP contribution < -0.4 is 20.6 Å². The lowest BCUT2D eigenvalue weighted by Crippen LogP contribution is -2.22. The van der Waals surface area contributed by atoms with Crippen LogP contribution in [0.4, 0.5) is 10.9 Å². The number of hydrogen-bond acceptors (Lipinski definition) is 8. The second-order valence-corrected chi connectivity index (χ2v) is 6.97. The first kappa shape index (κ1) is 18.2. The fourth-order valence-corrected chi connectivity index (χ4v) is 3.43. The zero-order valence-corrected chi connectivity index (χ0v) is 15.4. The Morgan fingerprint density at radius 2 is 2.15 bits per heavy atom. The van der Waals surface area contributed by atoms with Crippen LogP contribution in [0.5, 0.6) is 11.5 Å². The third kappa shape index (κ3) is 4.72. The first-order valence-corrected chi connectivity index (χ1v) is 9.43. The molecule has 0 aliphatic heterocycles. The summed E-state index contributed by atoms with van der Waals surface area (Å²) in [4.78, 5) is 16.4. The molecule has 26 heavy (non-hydrogen) atoms. The van der Waals surface area contributed by atoms with E-state index in [9.17, 15) is 4.79 Å². The summed E-state index contributed by atoms with van der Waals surface area (Å²) in [6.07, 6.45) is 6.81. The Bertz CT molecular complexity index is 784. The van der Waals surface area contributed by atoms with Gasteiger partial charge in [0.1, 0.15) is 5.82 Å². The number of benzene rings is 1. The van der Waals surface area contributed by atoms with Crippen molar-refractivity contribution >= 4 is 34.5 Å². The summed E-state index contributed by atoms with van der Waals surface area (Å²) in [6.45, 7) is 0. The predicted molar refractivity (Wildman–Crippen MR) is 103 cm³/mol. The second-order valence-electron chi connectivity index (χ2n) is 6.11. The molecule has 7 nitrogen and oxygen atoms in total. The van der Waals surface area contributed by atoms with Crippen molar-refractivity contribution in [3.63, 3.8) is 0 Å². The van der Waals surface area contributed by atoms with Crippen LogP contribution in [0.25, 0.3) is 0 Å². The molecule has 0 bridgehead atoms. The fraction of sp³-hybridized carbons (Fsp3) is 0.389. The van der Waals surface area contributed by atoms with Crippen molar-refractivity contribution < 1.29 is 14.3 Å². The van der Waals surface area contributed by atoms with Crippen LogP contribution in [0.1, 0.15) is 37.7 Å². The van der Waals surface area contributed by atoms with Crippen LogP contribution >= 0.6 is 11.3 Å². The number of nitrogen functional groups attached to an aromatic ring is 1. The molecule has 0 radical (unpaired) electrons. The van der Waals surface area contributed by atoms with Gasteiger partial charge in [-0.05, 0) is 36.6 Å². The van der Waals surface area contributed by atoms with Crippen LogP contribution in [-0.2, 0) is 4.79 Å². The molecule has 1 fully saturated rings. The maximum absolute atomic E-state index is 12.3. The number of methoxy groups -OCH3 is 1. The van der Waals surface area contributed by atoms with Gasteiger partial charge in [0.25, 0.3) is 0 Å². The van der Waals surface area contributed by atoms with E-state index in [1.165, 1.54) is 17.8 Å². The molecule has 0 unspecified atom stereocenters. The van der Waals surface area contributed by atoms with Gasteiger partial charge in [0, 0.05) is 5.38 Å². The lowest BCUT2D eigenvalue weighted by atomic mass is 9.89. The summed E-state index contributed by atoms with van der Waals surface area (Å²) in [5.41, 5.74) is 9.17. The zero-order chi connectivity index (χ0) is 18.4. The first-order valence-electron chi connectivity index (χ1n) is 8.55. The molecule has 138 valence electrons. The summed E-state index contributed by atoms with van der Waals surface area (Å²) in [7, 11) is 1.55. The van der Waals surface area contributed by atoms with Gasteiger partial charge in [0.05, 0.1) is 19.2 Å². The number of nitrogens with one attached hydrogen (secondary N) is 1. The van der Waals surface area contributed by atoms with Crippen molar-refractivity contribution in [2.75, 3.05) is 18.3 Å². The minimum absolute atomic E-state index is 0.00960. The Labute approximate surface area is 156 Å². The van der Waals surface area contributed by atoms with Crippen LogP contribution in [0, 0.1) is 5.92 Å². The van der Waals surface area contributed by atoms with Gasteiger partial charge in [-0.1, -0.05) is 19.3 Å². The average molecular weight is 374 g/mol. The molecule has 3 rings (SSSR count). The number of esters is 1. The van der Waals surface area contributed by atoms with Gasteiger partial charge in [0.2, 0.25) is 5.13 Å². The average Bonchev–Trinajstić information content (AvgIpc) is 3.08. The molecule has 1 aliphatic carbocycles. The van der Waals surface area contributed by atoms with Gasteiger partial charge >= 0.3 is 5.97 Å². The summed E-state index contributed by atoms with van der Waals surface area (Å²) < 4.78 is 10.9. The van der Waals surface area contributed by atoms with Crippen molar-refractivity contribution in [1.29, 1.82) is 0 Å². The van der Waals surface area contributed by atoms with E-state index in [2.05, 4.69) is 15.5 Å². The van der Waals surface area contributed by atoms with E-state index in [0.717, 1.165) is 31.2 Å².